The minimum Gasteiger partial charge on any atom is -0.347 e. The van der Waals surface area contributed by atoms with E-state index in [0.717, 1.165) is 24.5 Å². The van der Waals surface area contributed by atoms with E-state index in [0.29, 0.717) is 0 Å². The Balaban J connectivity index is 2.30. The normalized spacial score (nSPS) is 12.9. The van der Waals surface area contributed by atoms with Crippen molar-refractivity contribution in [2.24, 2.45) is 5.84 Å². The molecule has 7 nitrogen and oxygen atoms in total. The van der Waals surface area contributed by atoms with Crippen molar-refractivity contribution in [2.75, 3.05) is 0 Å². The van der Waals surface area contributed by atoms with Gasteiger partial charge in [-0.15, -0.1) is 5.10 Å². The molecule has 0 saturated heterocycles. The van der Waals surface area contributed by atoms with Gasteiger partial charge in [0.25, 0.3) is 0 Å². The second kappa shape index (κ2) is 4.86. The van der Waals surface area contributed by atoms with Crippen LogP contribution in [0.4, 0.5) is 0 Å². The predicted octanol–water partition coefficient (Wildman–Crippen LogP) is -0.0361. The molecule has 86 valence electrons. The molecule has 16 heavy (non-hydrogen) atoms. The first-order valence-electron chi connectivity index (χ1n) is 5.20. The standard InChI is InChI=1S/C9H15N7/c1-2-5-16-7(6-13-15-16)8(14-10)9-11-3-4-12-9/h3-4,6,8,14H,2,5,10H2,1H3,(H,11,12). The van der Waals surface area contributed by atoms with Gasteiger partial charge in [0.2, 0.25) is 0 Å². The van der Waals surface area contributed by atoms with Gasteiger partial charge in [0.05, 0.1) is 11.9 Å². The molecule has 2 rings (SSSR count). The van der Waals surface area contributed by atoms with Crippen molar-refractivity contribution in [1.29, 1.82) is 0 Å². The van der Waals surface area contributed by atoms with E-state index >= 15 is 0 Å². The van der Waals surface area contributed by atoms with E-state index in [9.17, 15) is 0 Å². The Labute approximate surface area is 93.0 Å². The predicted molar refractivity (Wildman–Crippen MR) is 58.1 cm³/mol. The fraction of sp³-hybridized carbons (Fsp3) is 0.444. The number of hydrogen-bond acceptors (Lipinski definition) is 5. The number of nitrogens with one attached hydrogen (secondary N) is 2. The fourth-order valence-electron chi connectivity index (χ4n) is 1.61. The summed E-state index contributed by atoms with van der Waals surface area (Å²) in [6.45, 7) is 2.90. The van der Waals surface area contributed by atoms with Gasteiger partial charge in [0, 0.05) is 18.9 Å². The van der Waals surface area contributed by atoms with Crippen LogP contribution >= 0.6 is 0 Å². The highest BCUT2D eigenvalue weighted by Crippen LogP contribution is 2.16. The van der Waals surface area contributed by atoms with Gasteiger partial charge >= 0.3 is 0 Å². The molecule has 0 aliphatic rings. The maximum Gasteiger partial charge on any atom is 0.130 e. The molecule has 0 aliphatic carbocycles. The summed E-state index contributed by atoms with van der Waals surface area (Å²) in [5.41, 5.74) is 3.61. The summed E-state index contributed by atoms with van der Waals surface area (Å²) in [7, 11) is 0. The lowest BCUT2D eigenvalue weighted by atomic mass is 10.2. The Morgan fingerprint density at radius 1 is 1.62 bits per heavy atom. The molecule has 0 aliphatic heterocycles. The molecule has 0 amide bonds. The monoisotopic (exact) mass is 221 g/mol. The number of hydrogen-bond donors (Lipinski definition) is 3. The minimum absolute atomic E-state index is 0.212. The second-order valence-corrected chi connectivity index (χ2v) is 3.46. The zero-order valence-corrected chi connectivity index (χ0v) is 9.09. The molecule has 0 radical (unpaired) electrons. The molecule has 0 saturated carbocycles. The number of H-pyrrole nitrogens is 1. The molecule has 1 unspecified atom stereocenters. The zero-order chi connectivity index (χ0) is 11.4. The van der Waals surface area contributed by atoms with E-state index in [1.807, 2.05) is 4.68 Å². The summed E-state index contributed by atoms with van der Waals surface area (Å²) in [6, 6.07) is -0.212. The van der Waals surface area contributed by atoms with Crippen LogP contribution in [0.1, 0.15) is 30.9 Å². The van der Waals surface area contributed by atoms with Gasteiger partial charge in [-0.05, 0) is 6.42 Å². The molecule has 7 heteroatoms. The third-order valence-corrected chi connectivity index (χ3v) is 2.34. The first-order valence-corrected chi connectivity index (χ1v) is 5.20. The van der Waals surface area contributed by atoms with Gasteiger partial charge in [-0.2, -0.15) is 0 Å². The lowest BCUT2D eigenvalue weighted by Crippen LogP contribution is -2.31. The van der Waals surface area contributed by atoms with Crippen LogP contribution in [-0.2, 0) is 6.54 Å². The topological polar surface area (TPSA) is 97.4 Å². The summed E-state index contributed by atoms with van der Waals surface area (Å²) in [4.78, 5) is 7.20. The third kappa shape index (κ3) is 1.95. The molecule has 2 heterocycles. The molecule has 0 bridgehead atoms. The molecule has 0 fully saturated rings. The molecule has 0 spiro atoms. The molecule has 1 atom stereocenters. The lowest BCUT2D eigenvalue weighted by Gasteiger charge is -2.14. The fourth-order valence-corrected chi connectivity index (χ4v) is 1.61. The summed E-state index contributed by atoms with van der Waals surface area (Å²) in [6.07, 6.45) is 6.13. The van der Waals surface area contributed by atoms with Crippen molar-refractivity contribution < 1.29 is 0 Å². The quantitative estimate of drug-likeness (QED) is 0.486. The Morgan fingerprint density at radius 3 is 3.12 bits per heavy atom. The number of aryl methyl sites for hydroxylation is 1. The van der Waals surface area contributed by atoms with Gasteiger partial charge in [0.1, 0.15) is 11.9 Å². The van der Waals surface area contributed by atoms with Gasteiger partial charge in [-0.25, -0.2) is 15.1 Å². The van der Waals surface area contributed by atoms with E-state index in [2.05, 4.69) is 32.6 Å². The number of hydrazine groups is 1. The number of nitrogens with two attached hydrogens (primary N) is 1. The smallest absolute Gasteiger partial charge is 0.130 e. The van der Waals surface area contributed by atoms with Crippen molar-refractivity contribution in [3.63, 3.8) is 0 Å². The Hall–Kier alpha value is -1.73. The highest BCUT2D eigenvalue weighted by atomic mass is 15.4. The minimum atomic E-state index is -0.212. The Kier molecular flexibility index (Phi) is 3.28. The highest BCUT2D eigenvalue weighted by molar-refractivity contribution is 5.13. The summed E-state index contributed by atoms with van der Waals surface area (Å²) in [5.74, 6) is 6.29. The SMILES string of the molecule is CCCn1nncc1C(NN)c1ncc[nH]1. The van der Waals surface area contributed by atoms with Crippen LogP contribution in [0, 0.1) is 0 Å². The van der Waals surface area contributed by atoms with Crippen LogP contribution in [0.5, 0.6) is 0 Å². The van der Waals surface area contributed by atoms with E-state index < -0.39 is 0 Å². The van der Waals surface area contributed by atoms with Crippen molar-refractivity contribution in [3.05, 3.63) is 30.1 Å². The van der Waals surface area contributed by atoms with Gasteiger partial charge < -0.3 is 4.98 Å². The molecule has 2 aromatic heterocycles. The summed E-state index contributed by atoms with van der Waals surface area (Å²) in [5, 5.41) is 7.91. The molecule has 0 aromatic carbocycles. The van der Waals surface area contributed by atoms with Crippen LogP contribution < -0.4 is 11.3 Å². The second-order valence-electron chi connectivity index (χ2n) is 3.46. The Morgan fingerprint density at radius 2 is 2.50 bits per heavy atom. The summed E-state index contributed by atoms with van der Waals surface area (Å²) < 4.78 is 1.83. The zero-order valence-electron chi connectivity index (χ0n) is 9.09. The van der Waals surface area contributed by atoms with Gasteiger partial charge in [0.15, 0.2) is 0 Å². The first-order chi connectivity index (χ1) is 7.86. The van der Waals surface area contributed by atoms with Crippen LogP contribution in [-0.4, -0.2) is 25.0 Å². The highest BCUT2D eigenvalue weighted by Gasteiger charge is 2.19. The van der Waals surface area contributed by atoms with Crippen LogP contribution in [0.3, 0.4) is 0 Å². The van der Waals surface area contributed by atoms with Gasteiger partial charge in [-0.3, -0.25) is 5.84 Å². The molecular formula is C9H15N7. The van der Waals surface area contributed by atoms with Crippen molar-refractivity contribution >= 4 is 0 Å². The largest absolute Gasteiger partial charge is 0.347 e. The number of nitrogens with zero attached hydrogens (tertiary/aromatic N) is 4. The van der Waals surface area contributed by atoms with Crippen LogP contribution in [0.15, 0.2) is 18.6 Å². The maximum absolute atomic E-state index is 5.54. The van der Waals surface area contributed by atoms with Gasteiger partial charge in [-0.1, -0.05) is 12.1 Å². The number of aromatic nitrogens is 5. The molecule has 4 N–H and O–H groups in total. The first kappa shape index (κ1) is 10.8. The van der Waals surface area contributed by atoms with Crippen molar-refractivity contribution in [3.8, 4) is 0 Å². The molecule has 2 aromatic rings. The van der Waals surface area contributed by atoms with Crippen LogP contribution in [0.25, 0.3) is 0 Å². The lowest BCUT2D eigenvalue weighted by molar-refractivity contribution is 0.502. The number of imidazole rings is 1. The number of rotatable bonds is 5. The third-order valence-electron chi connectivity index (χ3n) is 2.34. The van der Waals surface area contributed by atoms with Crippen molar-refractivity contribution in [2.45, 2.75) is 25.9 Å². The van der Waals surface area contributed by atoms with E-state index in [4.69, 9.17) is 5.84 Å². The average molecular weight is 221 g/mol. The maximum atomic E-state index is 5.54. The summed E-state index contributed by atoms with van der Waals surface area (Å²) >= 11 is 0. The van der Waals surface area contributed by atoms with Crippen LogP contribution in [0.2, 0.25) is 0 Å². The van der Waals surface area contributed by atoms with E-state index in [1.165, 1.54) is 0 Å². The molecular weight excluding hydrogens is 206 g/mol. The number of aromatic amines is 1. The van der Waals surface area contributed by atoms with Crippen molar-refractivity contribution in [1.82, 2.24) is 30.4 Å². The Bertz CT molecular complexity index is 419. The van der Waals surface area contributed by atoms with E-state index in [1.54, 1.807) is 18.6 Å². The van der Waals surface area contributed by atoms with E-state index in [-0.39, 0.29) is 6.04 Å². The average Bonchev–Trinajstić information content (AvgIpc) is 2.92.